The maximum atomic E-state index is 6.02. The van der Waals surface area contributed by atoms with Crippen LogP contribution in [0.25, 0.3) is 0 Å². The lowest BCUT2D eigenvalue weighted by atomic mass is 9.81. The summed E-state index contributed by atoms with van der Waals surface area (Å²) in [5.41, 5.74) is 1.43. The van der Waals surface area contributed by atoms with Gasteiger partial charge in [0.2, 0.25) is 0 Å². The van der Waals surface area contributed by atoms with E-state index in [1.54, 1.807) is 0 Å². The van der Waals surface area contributed by atoms with Crippen LogP contribution in [0.4, 0.5) is 0 Å². The van der Waals surface area contributed by atoms with Gasteiger partial charge in [-0.1, -0.05) is 68.7 Å². The Morgan fingerprint density at radius 1 is 1.10 bits per heavy atom. The summed E-state index contributed by atoms with van der Waals surface area (Å²) in [6.07, 6.45) is 17.3. The van der Waals surface area contributed by atoms with E-state index >= 15 is 0 Å². The van der Waals surface area contributed by atoms with E-state index in [4.69, 9.17) is 4.74 Å². The second-order valence-electron chi connectivity index (χ2n) is 5.88. The summed E-state index contributed by atoms with van der Waals surface area (Å²) in [7, 11) is 0. The number of benzene rings is 1. The topological polar surface area (TPSA) is 9.23 Å². The van der Waals surface area contributed by atoms with E-state index in [2.05, 4.69) is 49.4 Å². The number of ether oxygens (including phenoxy) is 1. The lowest BCUT2D eigenvalue weighted by molar-refractivity contribution is 0.0848. The Bertz CT molecular complexity index is 432. The summed E-state index contributed by atoms with van der Waals surface area (Å²) >= 11 is 0. The molecule has 2 rings (SSSR count). The lowest BCUT2D eigenvalue weighted by Crippen LogP contribution is -2.24. The van der Waals surface area contributed by atoms with E-state index in [-0.39, 0.29) is 0 Å². The van der Waals surface area contributed by atoms with Crippen molar-refractivity contribution >= 4 is 0 Å². The van der Waals surface area contributed by atoms with E-state index < -0.39 is 0 Å². The smallest absolute Gasteiger partial charge is 0.105 e. The Balaban J connectivity index is 1.85. The standard InChI is InChI=1S/C20H28O/c1-2-3-4-5-6-12-17-21-20-16-11-10-15-19(20)18-13-8-7-9-14-18/h5-9,12-14,17,19-20H,2-4,10-11,15-16H2,1H3/b6-5+,17-12+/t19-,20+/m0/s1. The van der Waals surface area contributed by atoms with Crippen molar-refractivity contribution in [3.05, 3.63) is 60.4 Å². The molecule has 0 radical (unpaired) electrons. The molecule has 0 heterocycles. The molecule has 2 atom stereocenters. The highest BCUT2D eigenvalue weighted by molar-refractivity contribution is 5.21. The van der Waals surface area contributed by atoms with E-state index in [0.29, 0.717) is 12.0 Å². The van der Waals surface area contributed by atoms with Gasteiger partial charge in [0, 0.05) is 5.92 Å². The van der Waals surface area contributed by atoms with Crippen molar-refractivity contribution in [1.29, 1.82) is 0 Å². The summed E-state index contributed by atoms with van der Waals surface area (Å²) in [6.45, 7) is 2.22. The van der Waals surface area contributed by atoms with E-state index in [0.717, 1.165) is 6.42 Å². The quantitative estimate of drug-likeness (QED) is 0.339. The van der Waals surface area contributed by atoms with Crippen LogP contribution in [-0.4, -0.2) is 6.10 Å². The molecule has 1 fully saturated rings. The van der Waals surface area contributed by atoms with Crippen LogP contribution in [0.5, 0.6) is 0 Å². The molecule has 114 valence electrons. The maximum absolute atomic E-state index is 6.02. The zero-order valence-corrected chi connectivity index (χ0v) is 13.2. The molecular weight excluding hydrogens is 256 g/mol. The first kappa shape index (κ1) is 15.9. The van der Waals surface area contributed by atoms with Gasteiger partial charge in [-0.05, 0) is 37.3 Å². The number of hydrogen-bond acceptors (Lipinski definition) is 1. The van der Waals surface area contributed by atoms with Gasteiger partial charge in [-0.15, -0.1) is 0 Å². The number of hydrogen-bond donors (Lipinski definition) is 0. The first-order valence-corrected chi connectivity index (χ1v) is 8.44. The SMILES string of the molecule is CCCC/C=C/C=C/O[C@@H]1CCCC[C@H]1c1ccccc1. The van der Waals surface area contributed by atoms with Crippen LogP contribution in [0.15, 0.2) is 54.8 Å². The Labute approximate surface area is 129 Å². The summed E-state index contributed by atoms with van der Waals surface area (Å²) < 4.78 is 6.02. The van der Waals surface area contributed by atoms with Crippen LogP contribution in [0.1, 0.15) is 63.4 Å². The molecular formula is C20H28O. The zero-order valence-electron chi connectivity index (χ0n) is 13.2. The Hall–Kier alpha value is -1.50. The summed E-state index contributed by atoms with van der Waals surface area (Å²) in [5.74, 6) is 0.550. The minimum Gasteiger partial charge on any atom is -0.497 e. The molecule has 0 spiro atoms. The first-order chi connectivity index (χ1) is 10.4. The van der Waals surface area contributed by atoms with Gasteiger partial charge in [-0.25, -0.2) is 0 Å². The van der Waals surface area contributed by atoms with Crippen molar-refractivity contribution in [2.45, 2.75) is 63.9 Å². The molecule has 0 saturated heterocycles. The highest BCUT2D eigenvalue weighted by Gasteiger charge is 2.26. The van der Waals surface area contributed by atoms with Gasteiger partial charge < -0.3 is 4.74 Å². The maximum Gasteiger partial charge on any atom is 0.105 e. The normalized spacial score (nSPS) is 22.9. The predicted octanol–water partition coefficient (Wildman–Crippen LogP) is 5.99. The molecule has 0 amide bonds. The highest BCUT2D eigenvalue weighted by Crippen LogP contribution is 2.34. The van der Waals surface area contributed by atoms with Gasteiger partial charge in [0.1, 0.15) is 6.10 Å². The van der Waals surface area contributed by atoms with Crippen LogP contribution >= 0.6 is 0 Å². The van der Waals surface area contributed by atoms with Crippen LogP contribution in [0.2, 0.25) is 0 Å². The van der Waals surface area contributed by atoms with Crippen molar-refractivity contribution in [2.75, 3.05) is 0 Å². The molecule has 0 N–H and O–H groups in total. The lowest BCUT2D eigenvalue weighted by Gasteiger charge is -2.31. The molecule has 0 unspecified atom stereocenters. The zero-order chi connectivity index (χ0) is 14.8. The Morgan fingerprint density at radius 3 is 2.71 bits per heavy atom. The van der Waals surface area contributed by atoms with Crippen molar-refractivity contribution in [1.82, 2.24) is 0 Å². The van der Waals surface area contributed by atoms with E-state index in [1.165, 1.54) is 44.1 Å². The van der Waals surface area contributed by atoms with Gasteiger partial charge >= 0.3 is 0 Å². The van der Waals surface area contributed by atoms with Gasteiger partial charge in [0.25, 0.3) is 0 Å². The fraction of sp³-hybridized carbons (Fsp3) is 0.500. The molecule has 1 aliphatic carbocycles. The number of rotatable bonds is 7. The monoisotopic (exact) mass is 284 g/mol. The highest BCUT2D eigenvalue weighted by atomic mass is 16.5. The fourth-order valence-corrected chi connectivity index (χ4v) is 3.03. The first-order valence-electron chi connectivity index (χ1n) is 8.44. The molecule has 1 heteroatoms. The molecule has 1 aromatic carbocycles. The minimum absolute atomic E-state index is 0.335. The average molecular weight is 284 g/mol. The average Bonchev–Trinajstić information content (AvgIpc) is 2.55. The molecule has 0 bridgehead atoms. The number of allylic oxidation sites excluding steroid dienone is 3. The van der Waals surface area contributed by atoms with E-state index in [9.17, 15) is 0 Å². The van der Waals surface area contributed by atoms with E-state index in [1.807, 2.05) is 12.3 Å². The summed E-state index contributed by atoms with van der Waals surface area (Å²) in [4.78, 5) is 0. The third-order valence-corrected chi connectivity index (χ3v) is 4.23. The predicted molar refractivity (Wildman–Crippen MR) is 90.3 cm³/mol. The minimum atomic E-state index is 0.335. The third kappa shape index (κ3) is 5.41. The fourth-order valence-electron chi connectivity index (χ4n) is 3.03. The van der Waals surface area contributed by atoms with Crippen molar-refractivity contribution in [3.63, 3.8) is 0 Å². The number of unbranched alkanes of at least 4 members (excludes halogenated alkanes) is 2. The van der Waals surface area contributed by atoms with Crippen LogP contribution in [0.3, 0.4) is 0 Å². The molecule has 21 heavy (non-hydrogen) atoms. The molecule has 0 aromatic heterocycles. The molecule has 1 saturated carbocycles. The molecule has 1 nitrogen and oxygen atoms in total. The van der Waals surface area contributed by atoms with Gasteiger partial charge in [0.05, 0.1) is 6.26 Å². The Morgan fingerprint density at radius 2 is 1.90 bits per heavy atom. The molecule has 1 aliphatic rings. The van der Waals surface area contributed by atoms with Crippen LogP contribution < -0.4 is 0 Å². The van der Waals surface area contributed by atoms with Crippen molar-refractivity contribution in [2.24, 2.45) is 0 Å². The van der Waals surface area contributed by atoms with Crippen molar-refractivity contribution in [3.8, 4) is 0 Å². The largest absolute Gasteiger partial charge is 0.497 e. The second kappa shape index (κ2) is 9.44. The third-order valence-electron chi connectivity index (χ3n) is 4.23. The summed E-state index contributed by atoms with van der Waals surface area (Å²) in [5, 5.41) is 0. The molecule has 0 aliphatic heterocycles. The second-order valence-corrected chi connectivity index (χ2v) is 5.88. The Kier molecular flexibility index (Phi) is 7.14. The van der Waals surface area contributed by atoms with Gasteiger partial charge in [-0.2, -0.15) is 0 Å². The summed E-state index contributed by atoms with van der Waals surface area (Å²) in [6, 6.07) is 10.8. The van der Waals surface area contributed by atoms with Gasteiger partial charge in [0.15, 0.2) is 0 Å². The molecule has 1 aromatic rings. The van der Waals surface area contributed by atoms with Gasteiger partial charge in [-0.3, -0.25) is 0 Å². The van der Waals surface area contributed by atoms with Crippen molar-refractivity contribution < 1.29 is 4.74 Å². The van der Waals surface area contributed by atoms with Crippen LogP contribution in [0, 0.1) is 0 Å². The van der Waals surface area contributed by atoms with Crippen LogP contribution in [-0.2, 0) is 4.74 Å².